The van der Waals surface area contributed by atoms with Crippen LogP contribution in [0.2, 0.25) is 0 Å². The lowest BCUT2D eigenvalue weighted by molar-refractivity contribution is 0.364. The van der Waals surface area contributed by atoms with Crippen molar-refractivity contribution in [1.82, 2.24) is 5.16 Å². The van der Waals surface area contributed by atoms with E-state index in [4.69, 9.17) is 9.26 Å². The molecule has 0 atom stereocenters. The Morgan fingerprint density at radius 1 is 0.828 bits per heavy atom. The zero-order valence-corrected chi connectivity index (χ0v) is 19.0. The summed E-state index contributed by atoms with van der Waals surface area (Å²) < 4.78 is 10.9. The van der Waals surface area contributed by atoms with Gasteiger partial charge in [-0.1, -0.05) is 90.1 Å². The highest BCUT2D eigenvalue weighted by Gasteiger charge is 2.18. The minimum absolute atomic E-state index is 0. The fraction of sp³-hybridized carbons (Fsp3) is 0.125. The molecule has 1 heterocycles. The number of ether oxygens (including phenoxy) is 1. The van der Waals surface area contributed by atoms with Crippen LogP contribution in [0.3, 0.4) is 0 Å². The Labute approximate surface area is 183 Å². The third kappa shape index (κ3) is 4.77. The van der Waals surface area contributed by atoms with Crippen molar-refractivity contribution in [2.75, 3.05) is 7.11 Å². The summed E-state index contributed by atoms with van der Waals surface area (Å²) in [6, 6.07) is 30.2. The van der Waals surface area contributed by atoms with Crippen LogP contribution in [0.15, 0.2) is 89.5 Å². The summed E-state index contributed by atoms with van der Waals surface area (Å²) in [5.41, 5.74) is 1.97. The first-order valence-corrected chi connectivity index (χ1v) is 10.6. The number of hydrogen-bond donors (Lipinski definition) is 0. The molecular formula is C24H23BrNO2P. The minimum atomic E-state index is -0.620. The van der Waals surface area contributed by atoms with E-state index in [1.54, 1.807) is 7.11 Å². The van der Waals surface area contributed by atoms with E-state index in [9.17, 15) is 0 Å². The molecule has 0 bridgehead atoms. The lowest BCUT2D eigenvalue weighted by atomic mass is 10.1. The van der Waals surface area contributed by atoms with Crippen LogP contribution in [-0.4, -0.2) is 12.3 Å². The molecule has 0 amide bonds. The molecule has 0 fully saturated rings. The normalized spacial score (nSPS) is 10.6. The Morgan fingerprint density at radius 2 is 1.41 bits per heavy atom. The molecule has 29 heavy (non-hydrogen) atoms. The van der Waals surface area contributed by atoms with Crippen molar-refractivity contribution in [2.24, 2.45) is 0 Å². The largest absolute Gasteiger partial charge is 0.491 e. The molecule has 3 aromatic carbocycles. The zero-order valence-electron chi connectivity index (χ0n) is 16.4. The summed E-state index contributed by atoms with van der Waals surface area (Å²) in [5, 5.41) is 8.04. The monoisotopic (exact) mass is 467 g/mol. The van der Waals surface area contributed by atoms with Gasteiger partial charge in [-0.2, -0.15) is 0 Å². The van der Waals surface area contributed by atoms with Crippen molar-refractivity contribution in [3.63, 3.8) is 0 Å². The molecule has 0 saturated heterocycles. The first-order valence-electron chi connectivity index (χ1n) is 9.24. The molecule has 0 aliphatic heterocycles. The molecule has 4 rings (SSSR count). The molecule has 0 unspecified atom stereocenters. The quantitative estimate of drug-likeness (QED) is 0.377. The van der Waals surface area contributed by atoms with Crippen molar-refractivity contribution < 1.29 is 9.26 Å². The zero-order chi connectivity index (χ0) is 19.3. The molecule has 0 spiro atoms. The van der Waals surface area contributed by atoms with E-state index in [1.165, 1.54) is 21.5 Å². The van der Waals surface area contributed by atoms with E-state index in [2.05, 4.69) is 90.1 Å². The number of nitrogens with zero attached hydrogens (tertiary/aromatic N) is 1. The van der Waals surface area contributed by atoms with E-state index < -0.39 is 7.92 Å². The third-order valence-electron chi connectivity index (χ3n) is 4.64. The summed E-state index contributed by atoms with van der Waals surface area (Å²) in [7, 11) is 1.04. The van der Waals surface area contributed by atoms with Gasteiger partial charge in [-0.05, 0) is 36.3 Å². The molecule has 0 saturated carbocycles. The SMILES string of the molecule is Br.COc1c(C)noc1Cc1cccc(P(c2ccccc2)c2ccccc2)c1. The van der Waals surface area contributed by atoms with Crippen LogP contribution in [-0.2, 0) is 6.42 Å². The Bertz CT molecular complexity index is 1010. The van der Waals surface area contributed by atoms with Gasteiger partial charge < -0.3 is 9.26 Å². The van der Waals surface area contributed by atoms with Crippen LogP contribution in [0.5, 0.6) is 5.75 Å². The molecule has 1 aromatic heterocycles. The summed E-state index contributed by atoms with van der Waals surface area (Å²) in [5.74, 6) is 1.50. The second-order valence-corrected chi connectivity index (χ2v) is 8.80. The number of benzene rings is 3. The number of hydrogen-bond acceptors (Lipinski definition) is 3. The van der Waals surface area contributed by atoms with Gasteiger partial charge in [0.05, 0.1) is 7.11 Å². The third-order valence-corrected chi connectivity index (χ3v) is 7.06. The van der Waals surface area contributed by atoms with E-state index in [0.29, 0.717) is 6.42 Å². The maximum atomic E-state index is 5.49. The molecule has 4 aromatic rings. The van der Waals surface area contributed by atoms with Crippen molar-refractivity contribution in [3.05, 3.63) is 102 Å². The fourth-order valence-electron chi connectivity index (χ4n) is 3.37. The second kappa shape index (κ2) is 9.87. The molecule has 0 aliphatic rings. The molecule has 0 radical (unpaired) electrons. The first-order chi connectivity index (χ1) is 13.8. The molecule has 3 nitrogen and oxygen atoms in total. The highest BCUT2D eigenvalue weighted by atomic mass is 79.9. The van der Waals surface area contributed by atoms with Crippen LogP contribution in [0.4, 0.5) is 0 Å². The lowest BCUT2D eigenvalue weighted by Gasteiger charge is -2.20. The number of rotatable bonds is 6. The van der Waals surface area contributed by atoms with Gasteiger partial charge in [0.15, 0.2) is 11.5 Å². The van der Waals surface area contributed by atoms with Gasteiger partial charge in [0, 0.05) is 6.42 Å². The average molecular weight is 468 g/mol. The van der Waals surface area contributed by atoms with E-state index in [0.717, 1.165) is 17.2 Å². The van der Waals surface area contributed by atoms with Gasteiger partial charge in [0.25, 0.3) is 0 Å². The summed E-state index contributed by atoms with van der Waals surface area (Å²) in [6.45, 7) is 1.90. The van der Waals surface area contributed by atoms with Gasteiger partial charge >= 0.3 is 0 Å². The van der Waals surface area contributed by atoms with Gasteiger partial charge in [-0.15, -0.1) is 17.0 Å². The molecular weight excluding hydrogens is 445 g/mol. The smallest absolute Gasteiger partial charge is 0.184 e. The van der Waals surface area contributed by atoms with E-state index in [-0.39, 0.29) is 17.0 Å². The Kier molecular flexibility index (Phi) is 7.24. The highest BCUT2D eigenvalue weighted by Crippen LogP contribution is 2.33. The van der Waals surface area contributed by atoms with Crippen molar-refractivity contribution >= 4 is 40.8 Å². The standard InChI is InChI=1S/C24H22NO2P.BrH/c1-18-24(26-2)23(27-25-18)17-19-10-9-15-22(16-19)28(20-11-5-3-6-12-20)21-13-7-4-8-14-21;/h3-16H,17H2,1-2H3;1H. The highest BCUT2D eigenvalue weighted by molar-refractivity contribution is 8.93. The van der Waals surface area contributed by atoms with Crippen molar-refractivity contribution in [1.29, 1.82) is 0 Å². The maximum absolute atomic E-state index is 5.49. The summed E-state index contributed by atoms with van der Waals surface area (Å²) in [4.78, 5) is 0. The van der Waals surface area contributed by atoms with Gasteiger partial charge in [0.1, 0.15) is 5.69 Å². The van der Waals surface area contributed by atoms with E-state index in [1.807, 2.05) is 6.92 Å². The first kappa shape index (κ1) is 21.3. The van der Waals surface area contributed by atoms with Crippen molar-refractivity contribution in [2.45, 2.75) is 13.3 Å². The molecule has 5 heteroatoms. The molecule has 148 valence electrons. The number of aryl methyl sites for hydroxylation is 1. The lowest BCUT2D eigenvalue weighted by Crippen LogP contribution is -2.20. The number of halogens is 1. The van der Waals surface area contributed by atoms with E-state index >= 15 is 0 Å². The van der Waals surface area contributed by atoms with Crippen LogP contribution >= 0.6 is 24.9 Å². The predicted octanol–water partition coefficient (Wildman–Crippen LogP) is 4.92. The van der Waals surface area contributed by atoms with Crippen LogP contribution in [0.1, 0.15) is 17.0 Å². The average Bonchev–Trinajstić information content (AvgIpc) is 3.09. The van der Waals surface area contributed by atoms with Gasteiger partial charge in [-0.25, -0.2) is 0 Å². The second-order valence-electron chi connectivity index (χ2n) is 6.58. The minimum Gasteiger partial charge on any atom is -0.491 e. The van der Waals surface area contributed by atoms with Crippen molar-refractivity contribution in [3.8, 4) is 5.75 Å². The summed E-state index contributed by atoms with van der Waals surface area (Å²) in [6.07, 6.45) is 0.657. The Morgan fingerprint density at radius 3 is 2.00 bits per heavy atom. The molecule has 0 aliphatic carbocycles. The maximum Gasteiger partial charge on any atom is 0.184 e. The van der Waals surface area contributed by atoms with Crippen LogP contribution in [0, 0.1) is 6.92 Å². The van der Waals surface area contributed by atoms with Crippen LogP contribution < -0.4 is 20.7 Å². The molecule has 0 N–H and O–H groups in total. The van der Waals surface area contributed by atoms with Gasteiger partial charge in [-0.3, -0.25) is 0 Å². The Hall–Kier alpha value is -2.42. The van der Waals surface area contributed by atoms with Crippen LogP contribution in [0.25, 0.3) is 0 Å². The Balaban J connectivity index is 0.00000240. The predicted molar refractivity (Wildman–Crippen MR) is 126 cm³/mol. The topological polar surface area (TPSA) is 35.3 Å². The number of methoxy groups -OCH3 is 1. The fourth-order valence-corrected chi connectivity index (χ4v) is 5.74. The number of aromatic nitrogens is 1. The summed E-state index contributed by atoms with van der Waals surface area (Å²) >= 11 is 0. The van der Waals surface area contributed by atoms with Gasteiger partial charge in [0.2, 0.25) is 0 Å².